The number of hydrogen-bond donors (Lipinski definition) is 1. The minimum absolute atomic E-state index is 0.0839. The van der Waals surface area contributed by atoms with E-state index in [2.05, 4.69) is 5.32 Å². The Hall–Kier alpha value is -3.85. The maximum Gasteiger partial charge on any atom is 0.264 e. The number of methoxy groups -OCH3 is 1. The fraction of sp³-hybridized carbons (Fsp3) is 0.375. The van der Waals surface area contributed by atoms with Crippen molar-refractivity contribution in [3.63, 3.8) is 0 Å². The van der Waals surface area contributed by atoms with Crippen LogP contribution in [0, 0.1) is 20.8 Å². The van der Waals surface area contributed by atoms with Gasteiger partial charge in [0.25, 0.3) is 10.0 Å². The Balaban J connectivity index is 2.04. The molecule has 0 bridgehead atoms. The van der Waals surface area contributed by atoms with Crippen LogP contribution in [0.5, 0.6) is 5.75 Å². The topological polar surface area (TPSA) is 96.0 Å². The first-order valence-corrected chi connectivity index (χ1v) is 15.3. The highest BCUT2D eigenvalue weighted by Gasteiger charge is 2.33. The van der Waals surface area contributed by atoms with Gasteiger partial charge >= 0.3 is 0 Å². The minimum atomic E-state index is -4.12. The highest BCUT2D eigenvalue weighted by atomic mass is 32.2. The van der Waals surface area contributed by atoms with Gasteiger partial charge in [-0.25, -0.2) is 8.42 Å². The lowest BCUT2D eigenvalue weighted by Gasteiger charge is -2.32. The van der Waals surface area contributed by atoms with Crippen molar-refractivity contribution in [3.8, 4) is 5.75 Å². The van der Waals surface area contributed by atoms with E-state index in [-0.39, 0.29) is 17.3 Å². The molecule has 0 radical (unpaired) electrons. The lowest BCUT2D eigenvalue weighted by atomic mass is 10.1. The van der Waals surface area contributed by atoms with Crippen LogP contribution in [0.3, 0.4) is 0 Å². The van der Waals surface area contributed by atoms with E-state index in [0.717, 1.165) is 39.4 Å². The van der Waals surface area contributed by atoms with E-state index in [1.807, 2.05) is 52.0 Å². The number of amides is 2. The normalized spacial score (nSPS) is 12.0. The number of carbonyl (C=O) groups excluding carboxylic acids is 2. The lowest BCUT2D eigenvalue weighted by Crippen LogP contribution is -2.51. The standard InChI is InChI=1S/C32H41N3O5S/c1-7-8-18-33-32(37)26(5)34(21-27-10-9-11-28(20-27)40-6)31(36)22-35(30-17-14-24(3)19-25(30)4)41(38,39)29-15-12-23(2)13-16-29/h9-17,19-20,26H,7-8,18,21-22H2,1-6H3,(H,33,37). The van der Waals surface area contributed by atoms with E-state index in [4.69, 9.17) is 4.74 Å². The van der Waals surface area contributed by atoms with Crippen LogP contribution < -0.4 is 14.4 Å². The highest BCUT2D eigenvalue weighted by Crippen LogP contribution is 2.28. The Morgan fingerprint density at radius 3 is 2.27 bits per heavy atom. The summed E-state index contributed by atoms with van der Waals surface area (Å²) in [7, 11) is -2.56. The van der Waals surface area contributed by atoms with Crippen molar-refractivity contribution in [2.24, 2.45) is 0 Å². The predicted octanol–water partition coefficient (Wildman–Crippen LogP) is 5.15. The molecule has 41 heavy (non-hydrogen) atoms. The first-order valence-electron chi connectivity index (χ1n) is 13.8. The Labute approximate surface area is 244 Å². The summed E-state index contributed by atoms with van der Waals surface area (Å²) in [6.07, 6.45) is 1.74. The molecule has 220 valence electrons. The molecule has 0 fully saturated rings. The number of hydrogen-bond acceptors (Lipinski definition) is 5. The van der Waals surface area contributed by atoms with Crippen molar-refractivity contribution < 1.29 is 22.7 Å². The van der Waals surface area contributed by atoms with E-state index in [9.17, 15) is 18.0 Å². The average Bonchev–Trinajstić information content (AvgIpc) is 2.95. The van der Waals surface area contributed by atoms with Crippen LogP contribution in [0.2, 0.25) is 0 Å². The van der Waals surface area contributed by atoms with E-state index < -0.39 is 28.5 Å². The Kier molecular flexibility index (Phi) is 10.9. The molecular weight excluding hydrogens is 538 g/mol. The monoisotopic (exact) mass is 579 g/mol. The van der Waals surface area contributed by atoms with E-state index in [0.29, 0.717) is 18.0 Å². The van der Waals surface area contributed by atoms with E-state index in [1.165, 1.54) is 4.90 Å². The zero-order chi connectivity index (χ0) is 30.2. The summed E-state index contributed by atoms with van der Waals surface area (Å²) in [4.78, 5) is 28.7. The van der Waals surface area contributed by atoms with Gasteiger partial charge in [-0.1, -0.05) is 60.9 Å². The molecule has 0 aliphatic carbocycles. The number of sulfonamides is 1. The number of aryl methyl sites for hydroxylation is 3. The summed E-state index contributed by atoms with van der Waals surface area (Å²) in [5, 5.41) is 2.90. The molecule has 3 rings (SSSR count). The Morgan fingerprint density at radius 1 is 0.951 bits per heavy atom. The molecule has 3 aromatic rings. The molecule has 1 unspecified atom stereocenters. The first-order chi connectivity index (χ1) is 19.5. The lowest BCUT2D eigenvalue weighted by molar-refractivity contribution is -0.139. The Bertz CT molecular complexity index is 1450. The second kappa shape index (κ2) is 14.2. The molecule has 0 heterocycles. The summed E-state index contributed by atoms with van der Waals surface area (Å²) in [6.45, 7) is 9.44. The molecule has 0 aliphatic heterocycles. The van der Waals surface area contributed by atoms with Gasteiger partial charge in [-0.05, 0) is 75.6 Å². The average molecular weight is 580 g/mol. The molecule has 3 aromatic carbocycles. The molecule has 8 nitrogen and oxygen atoms in total. The number of unbranched alkanes of at least 4 members (excludes halogenated alkanes) is 1. The van der Waals surface area contributed by atoms with Crippen molar-refractivity contribution in [2.75, 3.05) is 24.5 Å². The van der Waals surface area contributed by atoms with Crippen LogP contribution in [0.15, 0.2) is 71.6 Å². The quantitative estimate of drug-likeness (QED) is 0.283. The first kappa shape index (κ1) is 31.7. The maximum absolute atomic E-state index is 14.1. The SMILES string of the molecule is CCCCNC(=O)C(C)N(Cc1cccc(OC)c1)C(=O)CN(c1ccc(C)cc1C)S(=O)(=O)c1ccc(C)cc1. The van der Waals surface area contributed by atoms with Gasteiger partial charge in [0.15, 0.2) is 0 Å². The van der Waals surface area contributed by atoms with Crippen LogP contribution in [-0.2, 0) is 26.2 Å². The van der Waals surface area contributed by atoms with Gasteiger partial charge in [-0.3, -0.25) is 13.9 Å². The molecule has 0 aliphatic rings. The number of ether oxygens (including phenoxy) is 1. The van der Waals surface area contributed by atoms with Crippen LogP contribution in [-0.4, -0.2) is 51.4 Å². The van der Waals surface area contributed by atoms with E-state index >= 15 is 0 Å². The second-order valence-corrected chi connectivity index (χ2v) is 12.2. The third-order valence-electron chi connectivity index (χ3n) is 6.99. The molecule has 0 aromatic heterocycles. The molecule has 0 spiro atoms. The molecule has 1 atom stereocenters. The second-order valence-electron chi connectivity index (χ2n) is 10.3. The molecule has 1 N–H and O–H groups in total. The Morgan fingerprint density at radius 2 is 1.63 bits per heavy atom. The molecule has 0 saturated heterocycles. The van der Waals surface area contributed by atoms with Crippen molar-refractivity contribution in [1.82, 2.24) is 10.2 Å². The van der Waals surface area contributed by atoms with Crippen LogP contribution >= 0.6 is 0 Å². The number of nitrogens with zero attached hydrogens (tertiary/aromatic N) is 2. The fourth-order valence-corrected chi connectivity index (χ4v) is 6.00. The minimum Gasteiger partial charge on any atom is -0.497 e. The maximum atomic E-state index is 14.1. The smallest absolute Gasteiger partial charge is 0.264 e. The fourth-order valence-electron chi connectivity index (χ4n) is 4.52. The summed E-state index contributed by atoms with van der Waals surface area (Å²) in [6, 6.07) is 18.4. The zero-order valence-electron chi connectivity index (χ0n) is 24.8. The van der Waals surface area contributed by atoms with Crippen molar-refractivity contribution >= 4 is 27.5 Å². The highest BCUT2D eigenvalue weighted by molar-refractivity contribution is 7.92. The van der Waals surface area contributed by atoms with Gasteiger partial charge in [-0.2, -0.15) is 0 Å². The zero-order valence-corrected chi connectivity index (χ0v) is 25.6. The summed E-state index contributed by atoms with van der Waals surface area (Å²) < 4.78 is 34.5. The predicted molar refractivity (Wildman–Crippen MR) is 163 cm³/mol. The van der Waals surface area contributed by atoms with Gasteiger partial charge in [0.05, 0.1) is 17.7 Å². The van der Waals surface area contributed by atoms with Gasteiger partial charge in [0.1, 0.15) is 18.3 Å². The van der Waals surface area contributed by atoms with Crippen molar-refractivity contribution in [2.45, 2.75) is 64.9 Å². The van der Waals surface area contributed by atoms with Crippen LogP contribution in [0.1, 0.15) is 48.9 Å². The number of nitrogens with one attached hydrogen (secondary N) is 1. The van der Waals surface area contributed by atoms with E-state index in [1.54, 1.807) is 56.5 Å². The van der Waals surface area contributed by atoms with Gasteiger partial charge in [0, 0.05) is 13.1 Å². The summed E-state index contributed by atoms with van der Waals surface area (Å²) in [5.41, 5.74) is 3.78. The van der Waals surface area contributed by atoms with Crippen LogP contribution in [0.4, 0.5) is 5.69 Å². The summed E-state index contributed by atoms with van der Waals surface area (Å²) >= 11 is 0. The third kappa shape index (κ3) is 8.10. The van der Waals surface area contributed by atoms with Gasteiger partial charge in [0.2, 0.25) is 11.8 Å². The van der Waals surface area contributed by atoms with Gasteiger partial charge in [-0.15, -0.1) is 0 Å². The molecule has 2 amide bonds. The molecular formula is C32H41N3O5S. The number of carbonyl (C=O) groups is 2. The number of rotatable bonds is 13. The molecule has 0 saturated carbocycles. The third-order valence-corrected chi connectivity index (χ3v) is 8.77. The van der Waals surface area contributed by atoms with Crippen molar-refractivity contribution in [3.05, 3.63) is 89.0 Å². The molecule has 9 heteroatoms. The van der Waals surface area contributed by atoms with Crippen LogP contribution in [0.25, 0.3) is 0 Å². The largest absolute Gasteiger partial charge is 0.497 e. The number of benzene rings is 3. The number of anilines is 1. The summed E-state index contributed by atoms with van der Waals surface area (Å²) in [5.74, 6) is -0.176. The van der Waals surface area contributed by atoms with Gasteiger partial charge < -0.3 is 15.0 Å². The van der Waals surface area contributed by atoms with Crippen molar-refractivity contribution in [1.29, 1.82) is 0 Å².